The zero-order chi connectivity index (χ0) is 11.4. The van der Waals surface area contributed by atoms with Gasteiger partial charge in [-0.25, -0.2) is 8.78 Å². The minimum absolute atomic E-state index is 0.0469. The molecule has 1 rings (SSSR count). The number of alkyl halides is 2. The highest BCUT2D eigenvalue weighted by Crippen LogP contribution is 2.25. The molecule has 0 aliphatic rings. The third-order valence-electron chi connectivity index (χ3n) is 1.91. The van der Waals surface area contributed by atoms with E-state index in [0.29, 0.717) is 0 Å². The summed E-state index contributed by atoms with van der Waals surface area (Å²) in [6.45, 7) is -0.0919. The Hall–Kier alpha value is -1.74. The highest BCUT2D eigenvalue weighted by atomic mass is 19.3. The van der Waals surface area contributed by atoms with Gasteiger partial charge in [0, 0.05) is 17.8 Å². The van der Waals surface area contributed by atoms with E-state index in [4.69, 9.17) is 16.7 Å². The van der Waals surface area contributed by atoms with Crippen LogP contribution in [0.2, 0.25) is 0 Å². The first-order chi connectivity index (χ1) is 7.10. The second kappa shape index (κ2) is 4.66. The molecule has 0 saturated heterocycles. The van der Waals surface area contributed by atoms with Crippen LogP contribution in [-0.4, -0.2) is 4.98 Å². The van der Waals surface area contributed by atoms with Crippen molar-refractivity contribution < 1.29 is 8.78 Å². The molecule has 0 aromatic carbocycles. The van der Waals surface area contributed by atoms with E-state index in [-0.39, 0.29) is 29.9 Å². The average Bonchev–Trinajstić information content (AvgIpc) is 2.17. The molecule has 1 heterocycles. The van der Waals surface area contributed by atoms with Gasteiger partial charge in [0.15, 0.2) is 0 Å². The van der Waals surface area contributed by atoms with Crippen molar-refractivity contribution in [2.45, 2.75) is 19.4 Å². The molecule has 1 aromatic heterocycles. The lowest BCUT2D eigenvalue weighted by Crippen LogP contribution is -2.10. The number of nitrogens with two attached hydrogens (primary N) is 2. The van der Waals surface area contributed by atoms with Gasteiger partial charge in [0.25, 0.3) is 6.43 Å². The first-order valence-corrected chi connectivity index (χ1v) is 4.23. The Labute approximate surface area is 85.5 Å². The monoisotopic (exact) mass is 212 g/mol. The van der Waals surface area contributed by atoms with Gasteiger partial charge in [0.05, 0.1) is 18.2 Å². The predicted molar refractivity (Wildman–Crippen MR) is 50.8 cm³/mol. The lowest BCUT2D eigenvalue weighted by molar-refractivity contribution is 0.144. The molecule has 0 bridgehead atoms. The van der Waals surface area contributed by atoms with E-state index in [1.807, 2.05) is 6.07 Å². The van der Waals surface area contributed by atoms with Gasteiger partial charge in [0.2, 0.25) is 0 Å². The minimum Gasteiger partial charge on any atom is -0.398 e. The van der Waals surface area contributed by atoms with Crippen molar-refractivity contribution in [3.05, 3.63) is 23.0 Å². The maximum atomic E-state index is 12.6. The summed E-state index contributed by atoms with van der Waals surface area (Å²) in [4.78, 5) is 3.66. The number of hydrogen-bond acceptors (Lipinski definition) is 4. The first-order valence-electron chi connectivity index (χ1n) is 4.23. The molecule has 4 nitrogen and oxygen atoms in total. The molecular formula is C9H10F2N4. The number of rotatable bonds is 3. The van der Waals surface area contributed by atoms with E-state index in [1.54, 1.807) is 0 Å². The molecule has 0 fully saturated rings. The number of halogens is 2. The Kier molecular flexibility index (Phi) is 3.52. The summed E-state index contributed by atoms with van der Waals surface area (Å²) in [5, 5.41) is 8.42. The summed E-state index contributed by atoms with van der Waals surface area (Å²) in [6.07, 6.45) is -2.78. The predicted octanol–water partition coefficient (Wildman–Crippen LogP) is 1.13. The zero-order valence-electron chi connectivity index (χ0n) is 7.87. The van der Waals surface area contributed by atoms with Crippen molar-refractivity contribution in [1.29, 1.82) is 5.26 Å². The molecule has 0 spiro atoms. The number of nitrogen functional groups attached to an aromatic ring is 1. The third kappa shape index (κ3) is 2.39. The first kappa shape index (κ1) is 11.3. The van der Waals surface area contributed by atoms with Crippen LogP contribution in [0.15, 0.2) is 6.07 Å². The molecule has 0 unspecified atom stereocenters. The molecule has 0 aliphatic heterocycles. The Morgan fingerprint density at radius 2 is 2.20 bits per heavy atom. The standard InChI is InChI=1S/C9H10F2N4/c10-9(11)8-6(4-13)7(14)3-5(15-8)1-2-12/h3,9H,1,4,13H2,(H2,14,15). The van der Waals surface area contributed by atoms with Gasteiger partial charge in [-0.15, -0.1) is 0 Å². The molecule has 0 amide bonds. The number of hydrogen-bond donors (Lipinski definition) is 2. The van der Waals surface area contributed by atoms with Gasteiger partial charge >= 0.3 is 0 Å². The Balaban J connectivity index is 3.27. The SMILES string of the molecule is N#CCc1cc(N)c(CN)c(C(F)F)n1. The van der Waals surface area contributed by atoms with Gasteiger partial charge < -0.3 is 11.5 Å². The summed E-state index contributed by atoms with van der Waals surface area (Å²) < 4.78 is 25.1. The van der Waals surface area contributed by atoms with Crippen molar-refractivity contribution >= 4 is 5.69 Å². The van der Waals surface area contributed by atoms with Crippen LogP contribution in [0.3, 0.4) is 0 Å². The fourth-order valence-electron chi connectivity index (χ4n) is 1.24. The fraction of sp³-hybridized carbons (Fsp3) is 0.333. The van der Waals surface area contributed by atoms with Gasteiger partial charge in [0.1, 0.15) is 5.69 Å². The number of anilines is 1. The van der Waals surface area contributed by atoms with Crippen LogP contribution < -0.4 is 11.5 Å². The molecule has 0 aliphatic carbocycles. The molecule has 0 saturated carbocycles. The Morgan fingerprint density at radius 3 is 2.67 bits per heavy atom. The van der Waals surface area contributed by atoms with Crippen molar-refractivity contribution in [3.8, 4) is 6.07 Å². The van der Waals surface area contributed by atoms with Crippen LogP contribution in [0.1, 0.15) is 23.4 Å². The van der Waals surface area contributed by atoms with Crippen LogP contribution in [-0.2, 0) is 13.0 Å². The summed E-state index contributed by atoms with van der Waals surface area (Å²) in [7, 11) is 0. The van der Waals surface area contributed by atoms with Crippen molar-refractivity contribution in [3.63, 3.8) is 0 Å². The van der Waals surface area contributed by atoms with Crippen LogP contribution in [0.5, 0.6) is 0 Å². The highest BCUT2D eigenvalue weighted by Gasteiger charge is 2.17. The van der Waals surface area contributed by atoms with E-state index in [9.17, 15) is 8.78 Å². The maximum absolute atomic E-state index is 12.6. The second-order valence-electron chi connectivity index (χ2n) is 2.91. The summed E-state index contributed by atoms with van der Waals surface area (Å²) >= 11 is 0. The van der Waals surface area contributed by atoms with E-state index < -0.39 is 12.1 Å². The average molecular weight is 212 g/mol. The number of nitrogens with zero attached hydrogens (tertiary/aromatic N) is 2. The van der Waals surface area contributed by atoms with E-state index in [1.165, 1.54) is 6.07 Å². The molecule has 0 radical (unpaired) electrons. The normalized spacial score (nSPS) is 10.3. The van der Waals surface area contributed by atoms with Crippen LogP contribution in [0.25, 0.3) is 0 Å². The largest absolute Gasteiger partial charge is 0.398 e. The summed E-state index contributed by atoms with van der Waals surface area (Å²) in [5.74, 6) is 0. The molecule has 80 valence electrons. The highest BCUT2D eigenvalue weighted by molar-refractivity contribution is 5.50. The molecule has 0 atom stereocenters. The van der Waals surface area contributed by atoms with Gasteiger partial charge in [-0.2, -0.15) is 5.26 Å². The molecular weight excluding hydrogens is 202 g/mol. The maximum Gasteiger partial charge on any atom is 0.280 e. The Bertz CT molecular complexity index is 398. The third-order valence-corrected chi connectivity index (χ3v) is 1.91. The lowest BCUT2D eigenvalue weighted by atomic mass is 10.1. The smallest absolute Gasteiger partial charge is 0.280 e. The number of nitriles is 1. The van der Waals surface area contributed by atoms with E-state index in [2.05, 4.69) is 4.98 Å². The van der Waals surface area contributed by atoms with Crippen molar-refractivity contribution in [2.75, 3.05) is 5.73 Å². The summed E-state index contributed by atoms with van der Waals surface area (Å²) in [5.41, 5.74) is 10.9. The topological polar surface area (TPSA) is 88.7 Å². The molecule has 6 heteroatoms. The Morgan fingerprint density at radius 1 is 1.53 bits per heavy atom. The van der Waals surface area contributed by atoms with Crippen LogP contribution in [0.4, 0.5) is 14.5 Å². The van der Waals surface area contributed by atoms with Crippen LogP contribution in [0, 0.1) is 11.3 Å². The van der Waals surface area contributed by atoms with Gasteiger partial charge in [-0.05, 0) is 6.07 Å². The quantitative estimate of drug-likeness (QED) is 0.785. The molecule has 1 aromatic rings. The van der Waals surface area contributed by atoms with E-state index in [0.717, 1.165) is 0 Å². The number of pyridine rings is 1. The van der Waals surface area contributed by atoms with Crippen LogP contribution >= 0.6 is 0 Å². The van der Waals surface area contributed by atoms with Gasteiger partial charge in [-0.1, -0.05) is 0 Å². The van der Waals surface area contributed by atoms with Crippen molar-refractivity contribution in [2.24, 2.45) is 5.73 Å². The lowest BCUT2D eigenvalue weighted by Gasteiger charge is -2.10. The van der Waals surface area contributed by atoms with Crippen molar-refractivity contribution in [1.82, 2.24) is 4.98 Å². The molecule has 4 N–H and O–H groups in total. The summed E-state index contributed by atoms with van der Waals surface area (Å²) in [6, 6.07) is 3.22. The number of aromatic nitrogens is 1. The molecule has 15 heavy (non-hydrogen) atoms. The fourth-order valence-corrected chi connectivity index (χ4v) is 1.24. The zero-order valence-corrected chi connectivity index (χ0v) is 7.87. The second-order valence-corrected chi connectivity index (χ2v) is 2.91. The van der Waals surface area contributed by atoms with E-state index >= 15 is 0 Å². The van der Waals surface area contributed by atoms with Gasteiger partial charge in [-0.3, -0.25) is 4.98 Å². The minimum atomic E-state index is -2.73.